The minimum atomic E-state index is 0.567. The number of halogens is 1. The molecule has 1 N–H and O–H groups in total. The molecule has 0 saturated carbocycles. The topological polar surface area (TPSA) is 34.1 Å². The number of ether oxygens (including phenoxy) is 1. The lowest BCUT2D eigenvalue weighted by molar-refractivity contribution is 0.149. The molecule has 3 nitrogen and oxygen atoms in total. The molecule has 0 fully saturated rings. The van der Waals surface area contributed by atoms with Gasteiger partial charge in [-0.05, 0) is 18.6 Å². The second-order valence-corrected chi connectivity index (χ2v) is 3.20. The van der Waals surface area contributed by atoms with E-state index in [1.807, 2.05) is 12.1 Å². The zero-order valence-corrected chi connectivity index (χ0v) is 8.83. The highest BCUT2D eigenvalue weighted by Gasteiger charge is 1.90. The highest BCUT2D eigenvalue weighted by molar-refractivity contribution is 6.17. The van der Waals surface area contributed by atoms with E-state index in [-0.39, 0.29) is 0 Å². The van der Waals surface area contributed by atoms with Crippen LogP contribution in [0.2, 0.25) is 0 Å². The summed E-state index contributed by atoms with van der Waals surface area (Å²) in [6, 6.07) is 3.89. The van der Waals surface area contributed by atoms with Crippen molar-refractivity contribution in [2.45, 2.75) is 6.42 Å². The molecule has 4 heteroatoms. The largest absolute Gasteiger partial charge is 0.385 e. The van der Waals surface area contributed by atoms with E-state index in [0.717, 1.165) is 25.3 Å². The van der Waals surface area contributed by atoms with Crippen molar-refractivity contribution in [2.75, 3.05) is 31.0 Å². The number of alkyl halides is 1. The molecule has 1 rings (SSSR count). The first kappa shape index (κ1) is 11.3. The summed E-state index contributed by atoms with van der Waals surface area (Å²) in [4.78, 5) is 3.93. The maximum Gasteiger partial charge on any atom is 0.0601 e. The van der Waals surface area contributed by atoms with Gasteiger partial charge in [0, 0.05) is 37.1 Å². The van der Waals surface area contributed by atoms with Crippen LogP contribution < -0.4 is 5.32 Å². The highest BCUT2D eigenvalue weighted by atomic mass is 35.5. The Morgan fingerprint density at radius 1 is 1.29 bits per heavy atom. The molecule has 0 aliphatic rings. The zero-order valence-electron chi connectivity index (χ0n) is 8.08. The number of rotatable bonds is 7. The average molecular weight is 215 g/mol. The van der Waals surface area contributed by atoms with Gasteiger partial charge in [0.15, 0.2) is 0 Å². The minimum Gasteiger partial charge on any atom is -0.385 e. The summed E-state index contributed by atoms with van der Waals surface area (Å²) >= 11 is 5.46. The minimum absolute atomic E-state index is 0.567. The molecule has 0 aliphatic heterocycles. The number of aromatic nitrogens is 1. The van der Waals surface area contributed by atoms with Crippen molar-refractivity contribution in [1.82, 2.24) is 4.98 Å². The van der Waals surface area contributed by atoms with E-state index in [1.54, 1.807) is 12.4 Å². The van der Waals surface area contributed by atoms with Gasteiger partial charge in [-0.2, -0.15) is 0 Å². The van der Waals surface area contributed by atoms with Crippen molar-refractivity contribution in [3.63, 3.8) is 0 Å². The molecule has 0 spiro atoms. The van der Waals surface area contributed by atoms with E-state index in [9.17, 15) is 0 Å². The van der Waals surface area contributed by atoms with Gasteiger partial charge in [0.1, 0.15) is 0 Å². The van der Waals surface area contributed by atoms with Gasteiger partial charge < -0.3 is 10.1 Å². The van der Waals surface area contributed by atoms with Gasteiger partial charge in [-0.3, -0.25) is 4.98 Å². The SMILES string of the molecule is ClCCOCCCNc1ccncc1. The van der Waals surface area contributed by atoms with Crippen molar-refractivity contribution < 1.29 is 4.74 Å². The van der Waals surface area contributed by atoms with Crippen LogP contribution in [0.1, 0.15) is 6.42 Å². The summed E-state index contributed by atoms with van der Waals surface area (Å²) in [6.45, 7) is 2.30. The number of hydrogen-bond donors (Lipinski definition) is 1. The predicted molar refractivity (Wildman–Crippen MR) is 58.9 cm³/mol. The smallest absolute Gasteiger partial charge is 0.0601 e. The molecule has 1 aromatic rings. The standard InChI is InChI=1S/C10H15ClN2O/c11-4-9-14-8-1-5-13-10-2-6-12-7-3-10/h2-3,6-7H,1,4-5,8-9H2,(H,12,13). The lowest BCUT2D eigenvalue weighted by Gasteiger charge is -2.05. The van der Waals surface area contributed by atoms with Crippen LogP contribution in [0.15, 0.2) is 24.5 Å². The molecular weight excluding hydrogens is 200 g/mol. The average Bonchev–Trinajstić information content (AvgIpc) is 2.25. The number of nitrogens with zero attached hydrogens (tertiary/aromatic N) is 1. The third-order valence-electron chi connectivity index (χ3n) is 1.70. The molecule has 14 heavy (non-hydrogen) atoms. The van der Waals surface area contributed by atoms with Crippen molar-refractivity contribution in [2.24, 2.45) is 0 Å². The normalized spacial score (nSPS) is 10.1. The molecule has 0 aliphatic carbocycles. The van der Waals surface area contributed by atoms with E-state index in [0.29, 0.717) is 12.5 Å². The first-order valence-electron chi connectivity index (χ1n) is 4.71. The van der Waals surface area contributed by atoms with Gasteiger partial charge >= 0.3 is 0 Å². The van der Waals surface area contributed by atoms with E-state index in [1.165, 1.54) is 0 Å². The molecular formula is C10H15ClN2O. The quantitative estimate of drug-likeness (QED) is 0.558. The van der Waals surface area contributed by atoms with E-state index < -0.39 is 0 Å². The van der Waals surface area contributed by atoms with Crippen LogP contribution in [0.4, 0.5) is 5.69 Å². The van der Waals surface area contributed by atoms with Crippen LogP contribution in [0.3, 0.4) is 0 Å². The molecule has 1 heterocycles. The van der Waals surface area contributed by atoms with Gasteiger partial charge in [-0.25, -0.2) is 0 Å². The van der Waals surface area contributed by atoms with Crippen molar-refractivity contribution >= 4 is 17.3 Å². The maximum atomic E-state index is 5.46. The first-order chi connectivity index (χ1) is 6.93. The number of anilines is 1. The summed E-state index contributed by atoms with van der Waals surface area (Å²) < 4.78 is 5.24. The summed E-state index contributed by atoms with van der Waals surface area (Å²) in [6.07, 6.45) is 4.53. The zero-order chi connectivity index (χ0) is 10.1. The van der Waals surface area contributed by atoms with Crippen LogP contribution in [0, 0.1) is 0 Å². The molecule has 0 unspecified atom stereocenters. The highest BCUT2D eigenvalue weighted by Crippen LogP contribution is 2.02. The first-order valence-corrected chi connectivity index (χ1v) is 5.24. The fraction of sp³-hybridized carbons (Fsp3) is 0.500. The molecule has 0 atom stereocenters. The fourth-order valence-corrected chi connectivity index (χ4v) is 1.14. The predicted octanol–water partition coefficient (Wildman–Crippen LogP) is 2.14. The Morgan fingerprint density at radius 3 is 2.79 bits per heavy atom. The summed E-state index contributed by atoms with van der Waals surface area (Å²) in [7, 11) is 0. The molecule has 0 aromatic carbocycles. The maximum absolute atomic E-state index is 5.46. The molecule has 0 radical (unpaired) electrons. The van der Waals surface area contributed by atoms with Crippen molar-refractivity contribution in [1.29, 1.82) is 0 Å². The Balaban J connectivity index is 1.99. The van der Waals surface area contributed by atoms with Crippen LogP contribution in [-0.4, -0.2) is 30.6 Å². The lowest BCUT2D eigenvalue weighted by atomic mass is 10.4. The van der Waals surface area contributed by atoms with Gasteiger partial charge in [-0.1, -0.05) is 0 Å². The van der Waals surface area contributed by atoms with Gasteiger partial charge in [0.25, 0.3) is 0 Å². The number of nitrogens with one attached hydrogen (secondary N) is 1. The second kappa shape index (κ2) is 7.59. The third kappa shape index (κ3) is 5.04. The molecule has 78 valence electrons. The molecule has 0 saturated heterocycles. The number of pyridine rings is 1. The second-order valence-electron chi connectivity index (χ2n) is 2.82. The van der Waals surface area contributed by atoms with Gasteiger partial charge in [0.05, 0.1) is 6.61 Å². The molecule has 1 aromatic heterocycles. The monoisotopic (exact) mass is 214 g/mol. The van der Waals surface area contributed by atoms with Crippen LogP contribution in [0.5, 0.6) is 0 Å². The van der Waals surface area contributed by atoms with Crippen LogP contribution in [-0.2, 0) is 4.74 Å². The number of hydrogen-bond acceptors (Lipinski definition) is 3. The van der Waals surface area contributed by atoms with E-state index in [4.69, 9.17) is 16.3 Å². The lowest BCUT2D eigenvalue weighted by Crippen LogP contribution is -2.06. The molecule has 0 bridgehead atoms. The van der Waals surface area contributed by atoms with Gasteiger partial charge in [-0.15, -0.1) is 11.6 Å². The Bertz CT molecular complexity index is 231. The Kier molecular flexibility index (Phi) is 6.11. The summed E-state index contributed by atoms with van der Waals surface area (Å²) in [5.74, 6) is 0.567. The van der Waals surface area contributed by atoms with Gasteiger partial charge in [0.2, 0.25) is 0 Å². The summed E-state index contributed by atoms with van der Waals surface area (Å²) in [5, 5.41) is 3.27. The Hall–Kier alpha value is -0.800. The summed E-state index contributed by atoms with van der Waals surface area (Å²) in [5.41, 5.74) is 1.09. The van der Waals surface area contributed by atoms with Crippen molar-refractivity contribution in [3.8, 4) is 0 Å². The molecule has 0 amide bonds. The van der Waals surface area contributed by atoms with Crippen LogP contribution >= 0.6 is 11.6 Å². The van der Waals surface area contributed by atoms with Crippen LogP contribution in [0.25, 0.3) is 0 Å². The van der Waals surface area contributed by atoms with E-state index >= 15 is 0 Å². The van der Waals surface area contributed by atoms with Crippen molar-refractivity contribution in [3.05, 3.63) is 24.5 Å². The van der Waals surface area contributed by atoms with E-state index in [2.05, 4.69) is 10.3 Å². The third-order valence-corrected chi connectivity index (χ3v) is 1.85. The Morgan fingerprint density at radius 2 is 2.07 bits per heavy atom. The fourth-order valence-electron chi connectivity index (χ4n) is 1.03. The Labute approximate surface area is 89.4 Å².